The molecule has 0 radical (unpaired) electrons. The summed E-state index contributed by atoms with van der Waals surface area (Å²) in [6, 6.07) is 5.92. The Kier molecular flexibility index (Phi) is 7.83. The van der Waals surface area contributed by atoms with Crippen molar-refractivity contribution >= 4 is 29.4 Å². The number of dihydropyridines is 1. The second kappa shape index (κ2) is 10.1. The third-order valence-electron chi connectivity index (χ3n) is 4.41. The minimum Gasteiger partial charge on any atom is -0.466 e. The quantitative estimate of drug-likeness (QED) is 0.388. The number of esters is 2. The fourth-order valence-corrected chi connectivity index (χ4v) is 3.83. The Bertz CT molecular complexity index is 877. The summed E-state index contributed by atoms with van der Waals surface area (Å²) in [5.74, 6) is -0.695. The van der Waals surface area contributed by atoms with E-state index in [1.165, 1.54) is 25.3 Å². The fourth-order valence-electron chi connectivity index (χ4n) is 3.20. The number of rotatable bonds is 8. The summed E-state index contributed by atoms with van der Waals surface area (Å²) in [6.45, 7) is 5.57. The molecule has 0 aromatic heterocycles. The van der Waals surface area contributed by atoms with Crippen molar-refractivity contribution in [2.75, 3.05) is 25.2 Å². The molecule has 2 rings (SSSR count). The van der Waals surface area contributed by atoms with E-state index in [2.05, 4.69) is 5.32 Å². The van der Waals surface area contributed by atoms with Gasteiger partial charge in [0, 0.05) is 29.3 Å². The number of ether oxygens (including phenoxy) is 2. The predicted octanol–water partition coefficient (Wildman–Crippen LogP) is 3.30. The number of hydrogen-bond donors (Lipinski definition) is 1. The van der Waals surface area contributed by atoms with Crippen LogP contribution < -0.4 is 5.32 Å². The Morgan fingerprint density at radius 1 is 1.24 bits per heavy atom. The lowest BCUT2D eigenvalue weighted by atomic mass is 9.80. The third-order valence-corrected chi connectivity index (χ3v) is 5.31. The normalized spacial score (nSPS) is 16.3. The van der Waals surface area contributed by atoms with Gasteiger partial charge in [-0.25, -0.2) is 9.59 Å². The van der Waals surface area contributed by atoms with Crippen molar-refractivity contribution in [3.8, 4) is 0 Å². The van der Waals surface area contributed by atoms with Gasteiger partial charge in [0.2, 0.25) is 0 Å². The SMILES string of the molecule is CCOC(=O)C1=C(CSCC)NC(C)=C(C(=O)OC)C1c1cccc([N+](=O)[O-])c1. The molecule has 0 bridgehead atoms. The predicted molar refractivity (Wildman–Crippen MR) is 110 cm³/mol. The molecule has 1 aromatic carbocycles. The van der Waals surface area contributed by atoms with Crippen molar-refractivity contribution in [1.82, 2.24) is 5.32 Å². The second-order valence-corrected chi connectivity index (χ2v) is 7.46. The number of allylic oxidation sites excluding steroid dienone is 1. The van der Waals surface area contributed by atoms with Gasteiger partial charge in [-0.15, -0.1) is 0 Å². The number of methoxy groups -OCH3 is 1. The highest BCUT2D eigenvalue weighted by atomic mass is 32.2. The molecule has 9 heteroatoms. The van der Waals surface area contributed by atoms with E-state index in [0.29, 0.717) is 22.7 Å². The first-order valence-electron chi connectivity index (χ1n) is 9.13. The van der Waals surface area contributed by atoms with Gasteiger partial charge in [0.1, 0.15) is 0 Å². The lowest BCUT2D eigenvalue weighted by Gasteiger charge is -2.31. The van der Waals surface area contributed by atoms with Crippen molar-refractivity contribution < 1.29 is 24.0 Å². The summed E-state index contributed by atoms with van der Waals surface area (Å²) >= 11 is 1.60. The van der Waals surface area contributed by atoms with Gasteiger partial charge in [0.15, 0.2) is 0 Å². The van der Waals surface area contributed by atoms with Gasteiger partial charge in [-0.1, -0.05) is 19.1 Å². The minimum atomic E-state index is -0.838. The monoisotopic (exact) mass is 420 g/mol. The van der Waals surface area contributed by atoms with E-state index in [1.54, 1.807) is 31.7 Å². The molecule has 29 heavy (non-hydrogen) atoms. The molecule has 0 spiro atoms. The first-order chi connectivity index (χ1) is 13.8. The van der Waals surface area contributed by atoms with Gasteiger partial charge in [-0.3, -0.25) is 10.1 Å². The number of nitro benzene ring substituents is 1. The molecule has 0 saturated heterocycles. The number of nitrogens with zero attached hydrogens (tertiary/aromatic N) is 1. The van der Waals surface area contributed by atoms with Gasteiger partial charge in [-0.2, -0.15) is 11.8 Å². The van der Waals surface area contributed by atoms with Crippen molar-refractivity contribution in [2.24, 2.45) is 0 Å². The number of benzene rings is 1. The summed E-state index contributed by atoms with van der Waals surface area (Å²) in [4.78, 5) is 36.3. The molecular formula is C20H24N2O6S. The number of carbonyl (C=O) groups excluding carboxylic acids is 2. The van der Waals surface area contributed by atoms with E-state index < -0.39 is 22.8 Å². The maximum atomic E-state index is 12.9. The van der Waals surface area contributed by atoms with E-state index in [0.717, 1.165) is 5.75 Å². The minimum absolute atomic E-state index is 0.129. The molecule has 0 amide bonds. The average molecular weight is 420 g/mol. The van der Waals surface area contributed by atoms with Crippen LogP contribution in [0.15, 0.2) is 46.8 Å². The Morgan fingerprint density at radius 3 is 2.55 bits per heavy atom. The van der Waals surface area contributed by atoms with E-state index in [-0.39, 0.29) is 23.4 Å². The fraction of sp³-hybridized carbons (Fsp3) is 0.400. The number of hydrogen-bond acceptors (Lipinski definition) is 8. The van der Waals surface area contributed by atoms with Gasteiger partial charge >= 0.3 is 11.9 Å². The Hall–Kier alpha value is -2.81. The molecule has 1 aliphatic rings. The maximum absolute atomic E-state index is 12.9. The molecular weight excluding hydrogens is 396 g/mol. The lowest BCUT2D eigenvalue weighted by Crippen LogP contribution is -2.34. The van der Waals surface area contributed by atoms with Crippen LogP contribution in [0.5, 0.6) is 0 Å². The van der Waals surface area contributed by atoms with Crippen molar-refractivity contribution in [3.05, 3.63) is 62.5 Å². The third kappa shape index (κ3) is 4.97. The molecule has 1 N–H and O–H groups in total. The van der Waals surface area contributed by atoms with Gasteiger partial charge in [-0.05, 0) is 25.2 Å². The Labute approximate surface area is 173 Å². The zero-order chi connectivity index (χ0) is 21.6. The standard InChI is InChI=1S/C20H24N2O6S/c1-5-28-20(24)18-15(11-29-6-2)21-12(3)16(19(23)27-4)17(18)13-8-7-9-14(10-13)22(25)26/h7-10,17,21H,5-6,11H2,1-4H3. The summed E-state index contributed by atoms with van der Waals surface area (Å²) in [5, 5.41) is 14.4. The largest absolute Gasteiger partial charge is 0.466 e. The molecule has 0 aliphatic carbocycles. The van der Waals surface area contributed by atoms with E-state index in [4.69, 9.17) is 9.47 Å². The van der Waals surface area contributed by atoms with Crippen LogP contribution >= 0.6 is 11.8 Å². The molecule has 1 aliphatic heterocycles. The summed E-state index contributed by atoms with van der Waals surface area (Å²) in [6.07, 6.45) is 0. The van der Waals surface area contributed by atoms with Crippen LogP contribution in [0.25, 0.3) is 0 Å². The molecule has 1 atom stereocenters. The average Bonchev–Trinajstić information content (AvgIpc) is 2.71. The van der Waals surface area contributed by atoms with Crippen LogP contribution in [0.1, 0.15) is 32.3 Å². The van der Waals surface area contributed by atoms with Gasteiger partial charge in [0.05, 0.1) is 35.7 Å². The van der Waals surface area contributed by atoms with Crippen LogP contribution in [0, 0.1) is 10.1 Å². The molecule has 1 heterocycles. The number of nitro groups is 1. The van der Waals surface area contributed by atoms with Crippen molar-refractivity contribution in [1.29, 1.82) is 0 Å². The maximum Gasteiger partial charge on any atom is 0.336 e. The van der Waals surface area contributed by atoms with Crippen LogP contribution in [0.2, 0.25) is 0 Å². The smallest absolute Gasteiger partial charge is 0.336 e. The highest BCUT2D eigenvalue weighted by Gasteiger charge is 2.39. The van der Waals surface area contributed by atoms with E-state index in [9.17, 15) is 19.7 Å². The number of thioether (sulfide) groups is 1. The molecule has 0 saturated carbocycles. The summed E-state index contributed by atoms with van der Waals surface area (Å²) in [5.41, 5.74) is 1.96. The summed E-state index contributed by atoms with van der Waals surface area (Å²) in [7, 11) is 1.25. The number of nitrogens with one attached hydrogen (secondary N) is 1. The van der Waals surface area contributed by atoms with Gasteiger partial charge < -0.3 is 14.8 Å². The first kappa shape index (κ1) is 22.5. The van der Waals surface area contributed by atoms with Crippen molar-refractivity contribution in [3.63, 3.8) is 0 Å². The Morgan fingerprint density at radius 2 is 1.97 bits per heavy atom. The van der Waals surface area contributed by atoms with Crippen LogP contribution in [-0.2, 0) is 19.1 Å². The lowest BCUT2D eigenvalue weighted by molar-refractivity contribution is -0.384. The number of carbonyl (C=O) groups is 2. The molecule has 8 nitrogen and oxygen atoms in total. The first-order valence-corrected chi connectivity index (χ1v) is 10.3. The summed E-state index contributed by atoms with van der Waals surface area (Å²) < 4.78 is 10.2. The molecule has 1 aromatic rings. The zero-order valence-electron chi connectivity index (χ0n) is 16.8. The second-order valence-electron chi connectivity index (χ2n) is 6.19. The van der Waals surface area contributed by atoms with E-state index >= 15 is 0 Å². The topological polar surface area (TPSA) is 108 Å². The Balaban J connectivity index is 2.74. The van der Waals surface area contributed by atoms with Gasteiger partial charge in [0.25, 0.3) is 5.69 Å². The van der Waals surface area contributed by atoms with Crippen LogP contribution in [0.3, 0.4) is 0 Å². The number of non-ortho nitro benzene ring substituents is 1. The molecule has 156 valence electrons. The van der Waals surface area contributed by atoms with E-state index in [1.807, 2.05) is 6.92 Å². The zero-order valence-corrected chi connectivity index (χ0v) is 17.6. The molecule has 0 fully saturated rings. The van der Waals surface area contributed by atoms with Crippen LogP contribution in [-0.4, -0.2) is 42.1 Å². The highest BCUT2D eigenvalue weighted by molar-refractivity contribution is 7.99. The molecule has 1 unspecified atom stereocenters. The van der Waals surface area contributed by atoms with Crippen LogP contribution in [0.4, 0.5) is 5.69 Å². The highest BCUT2D eigenvalue weighted by Crippen LogP contribution is 2.40. The van der Waals surface area contributed by atoms with Crippen molar-refractivity contribution in [2.45, 2.75) is 26.7 Å².